The quantitative estimate of drug-likeness (QED) is 0.710. The van der Waals surface area contributed by atoms with E-state index in [1.165, 1.54) is 6.07 Å². The summed E-state index contributed by atoms with van der Waals surface area (Å²) >= 11 is 0. The van der Waals surface area contributed by atoms with Crippen molar-refractivity contribution in [2.75, 3.05) is 27.2 Å². The number of sulfonamides is 1. The van der Waals surface area contributed by atoms with Crippen molar-refractivity contribution in [3.05, 3.63) is 65.2 Å². The minimum Gasteiger partial charge on any atom is -0.350 e. The third-order valence-electron chi connectivity index (χ3n) is 6.07. The number of likely N-dealkylation sites (N-methyl/N-ethyl adjacent to an activating group) is 1. The van der Waals surface area contributed by atoms with Crippen molar-refractivity contribution in [2.45, 2.75) is 50.1 Å². The minimum absolute atomic E-state index is 0.0200. The van der Waals surface area contributed by atoms with Crippen LogP contribution in [0, 0.1) is 6.92 Å². The van der Waals surface area contributed by atoms with Gasteiger partial charge in [-0.05, 0) is 64.0 Å². The van der Waals surface area contributed by atoms with Crippen LogP contribution in [0.15, 0.2) is 53.4 Å². The number of piperidine rings is 1. The number of benzene rings is 2. The van der Waals surface area contributed by atoms with E-state index < -0.39 is 10.0 Å². The van der Waals surface area contributed by atoms with Gasteiger partial charge in [-0.15, -0.1) is 0 Å². The molecule has 0 aromatic heterocycles. The van der Waals surface area contributed by atoms with Gasteiger partial charge in [0.2, 0.25) is 10.0 Å². The topological polar surface area (TPSA) is 69.7 Å². The number of hydrogen-bond donors (Lipinski definition) is 1. The molecule has 2 aromatic rings. The number of aryl methyl sites for hydroxylation is 1. The van der Waals surface area contributed by atoms with Gasteiger partial charge in [0.15, 0.2) is 0 Å². The first-order valence-corrected chi connectivity index (χ1v) is 12.3. The zero-order chi connectivity index (χ0) is 22.6. The molecule has 1 N–H and O–H groups in total. The fraction of sp³-hybridized carbons (Fsp3) is 0.458. The van der Waals surface area contributed by atoms with Crippen molar-refractivity contribution in [1.29, 1.82) is 0 Å². The predicted molar refractivity (Wildman–Crippen MR) is 124 cm³/mol. The summed E-state index contributed by atoms with van der Waals surface area (Å²) in [5.41, 5.74) is 2.26. The Bertz CT molecular complexity index is 1010. The van der Waals surface area contributed by atoms with E-state index in [1.807, 2.05) is 58.3 Å². The number of carbonyl (C=O) groups excluding carboxylic acids is 1. The van der Waals surface area contributed by atoms with Gasteiger partial charge < -0.3 is 10.2 Å². The Balaban J connectivity index is 1.80. The zero-order valence-electron chi connectivity index (χ0n) is 18.8. The molecule has 0 saturated carbocycles. The highest BCUT2D eigenvalue weighted by Gasteiger charge is 2.31. The van der Waals surface area contributed by atoms with E-state index in [2.05, 4.69) is 10.2 Å². The Morgan fingerprint density at radius 1 is 1.16 bits per heavy atom. The standard InChI is InChI=1S/C24H33N3O3S/c1-18-13-14-21(31(29,30)27-15-9-8-10-19(27)2)16-22(18)24(28)25-17-23(26(3)4)20-11-6-5-7-12-20/h5-7,11-14,16,19,23H,8-10,15,17H2,1-4H3,(H,25,28)/t19-,23+/m1/s1. The lowest BCUT2D eigenvalue weighted by Crippen LogP contribution is -2.42. The van der Waals surface area contributed by atoms with Gasteiger partial charge in [-0.25, -0.2) is 8.42 Å². The summed E-state index contributed by atoms with van der Waals surface area (Å²) in [5, 5.41) is 3.00. The maximum absolute atomic E-state index is 13.2. The number of hydrogen-bond acceptors (Lipinski definition) is 4. The highest BCUT2D eigenvalue weighted by Crippen LogP contribution is 2.26. The number of amides is 1. The predicted octanol–water partition coefficient (Wildman–Crippen LogP) is 3.59. The molecule has 31 heavy (non-hydrogen) atoms. The van der Waals surface area contributed by atoms with Gasteiger partial charge in [0, 0.05) is 24.7 Å². The van der Waals surface area contributed by atoms with Crippen LogP contribution in [0.3, 0.4) is 0 Å². The summed E-state index contributed by atoms with van der Waals surface area (Å²) < 4.78 is 28.0. The van der Waals surface area contributed by atoms with Gasteiger partial charge in [0.1, 0.15) is 0 Å². The second-order valence-corrected chi connectivity index (χ2v) is 10.4. The summed E-state index contributed by atoms with van der Waals surface area (Å²) in [7, 11) is 0.322. The largest absolute Gasteiger partial charge is 0.350 e. The van der Waals surface area contributed by atoms with Crippen molar-refractivity contribution >= 4 is 15.9 Å². The maximum atomic E-state index is 13.2. The monoisotopic (exact) mass is 443 g/mol. The molecule has 1 fully saturated rings. The molecule has 0 spiro atoms. The summed E-state index contributed by atoms with van der Waals surface area (Å²) in [6.45, 7) is 4.73. The molecular formula is C24H33N3O3S. The molecule has 6 nitrogen and oxygen atoms in total. The summed E-state index contributed by atoms with van der Waals surface area (Å²) in [5.74, 6) is -0.260. The lowest BCUT2D eigenvalue weighted by Gasteiger charge is -2.32. The second kappa shape index (κ2) is 9.94. The van der Waals surface area contributed by atoms with Crippen LogP contribution < -0.4 is 5.32 Å². The average molecular weight is 444 g/mol. The maximum Gasteiger partial charge on any atom is 0.251 e. The fourth-order valence-corrected chi connectivity index (χ4v) is 5.86. The minimum atomic E-state index is -3.63. The third kappa shape index (κ3) is 5.34. The normalized spacial score (nSPS) is 18.7. The van der Waals surface area contributed by atoms with E-state index in [4.69, 9.17) is 0 Å². The van der Waals surface area contributed by atoms with E-state index in [9.17, 15) is 13.2 Å². The van der Waals surface area contributed by atoms with Crippen molar-refractivity contribution in [3.63, 3.8) is 0 Å². The molecule has 3 rings (SSSR count). The van der Waals surface area contributed by atoms with E-state index in [-0.39, 0.29) is 22.9 Å². The van der Waals surface area contributed by atoms with Gasteiger partial charge in [-0.2, -0.15) is 4.31 Å². The molecule has 168 valence electrons. The zero-order valence-corrected chi connectivity index (χ0v) is 19.7. The lowest BCUT2D eigenvalue weighted by atomic mass is 10.1. The van der Waals surface area contributed by atoms with Crippen molar-refractivity contribution in [1.82, 2.24) is 14.5 Å². The Labute approximate surface area is 186 Å². The summed E-state index contributed by atoms with van der Waals surface area (Å²) in [6, 6.07) is 14.8. The van der Waals surface area contributed by atoms with Crippen LogP contribution in [0.25, 0.3) is 0 Å². The van der Waals surface area contributed by atoms with E-state index in [0.717, 1.165) is 30.4 Å². The molecule has 1 saturated heterocycles. The van der Waals surface area contributed by atoms with Gasteiger partial charge in [-0.1, -0.05) is 42.8 Å². The molecule has 0 radical (unpaired) electrons. The van der Waals surface area contributed by atoms with Crippen molar-refractivity contribution < 1.29 is 13.2 Å². The second-order valence-electron chi connectivity index (χ2n) is 8.54. The molecule has 7 heteroatoms. The molecule has 1 amide bonds. The molecule has 0 aliphatic carbocycles. The lowest BCUT2D eigenvalue weighted by molar-refractivity contribution is 0.0941. The molecular weight excluding hydrogens is 410 g/mol. The molecule has 0 unspecified atom stereocenters. The highest BCUT2D eigenvalue weighted by atomic mass is 32.2. The summed E-state index contributed by atoms with van der Waals surface area (Å²) in [6.07, 6.45) is 2.78. The SMILES string of the molecule is Cc1ccc(S(=O)(=O)N2CCCC[C@H]2C)cc1C(=O)NC[C@@H](c1ccccc1)N(C)C. The smallest absolute Gasteiger partial charge is 0.251 e. The molecule has 1 aliphatic rings. The van der Waals surface area contributed by atoms with E-state index in [1.54, 1.807) is 16.4 Å². The number of nitrogens with zero attached hydrogens (tertiary/aromatic N) is 2. The first kappa shape index (κ1) is 23.4. The number of rotatable bonds is 7. The molecule has 2 aromatic carbocycles. The molecule has 1 heterocycles. The van der Waals surface area contributed by atoms with E-state index >= 15 is 0 Å². The Morgan fingerprint density at radius 2 is 1.87 bits per heavy atom. The third-order valence-corrected chi connectivity index (χ3v) is 8.08. The van der Waals surface area contributed by atoms with Gasteiger partial charge in [-0.3, -0.25) is 4.79 Å². The molecule has 2 atom stereocenters. The Hall–Kier alpha value is -2.22. The van der Waals surface area contributed by atoms with Crippen LogP contribution in [0.4, 0.5) is 0 Å². The summed E-state index contributed by atoms with van der Waals surface area (Å²) in [4.78, 5) is 15.2. The van der Waals surface area contributed by atoms with Crippen LogP contribution in [-0.2, 0) is 10.0 Å². The van der Waals surface area contributed by atoms with Crippen LogP contribution in [-0.4, -0.2) is 56.8 Å². The van der Waals surface area contributed by atoms with Gasteiger partial charge >= 0.3 is 0 Å². The van der Waals surface area contributed by atoms with Crippen LogP contribution in [0.5, 0.6) is 0 Å². The first-order chi connectivity index (χ1) is 14.7. The van der Waals surface area contributed by atoms with Crippen molar-refractivity contribution in [3.8, 4) is 0 Å². The molecule has 0 bridgehead atoms. The highest BCUT2D eigenvalue weighted by molar-refractivity contribution is 7.89. The average Bonchev–Trinajstić information content (AvgIpc) is 2.74. The first-order valence-electron chi connectivity index (χ1n) is 10.8. The van der Waals surface area contributed by atoms with Crippen LogP contribution in [0.1, 0.15) is 53.7 Å². The Kier molecular flexibility index (Phi) is 7.51. The van der Waals surface area contributed by atoms with Crippen LogP contribution >= 0.6 is 0 Å². The van der Waals surface area contributed by atoms with E-state index in [0.29, 0.717) is 18.7 Å². The molecule has 1 aliphatic heterocycles. The van der Waals surface area contributed by atoms with Crippen molar-refractivity contribution in [2.24, 2.45) is 0 Å². The Morgan fingerprint density at radius 3 is 2.52 bits per heavy atom. The van der Waals surface area contributed by atoms with Crippen LogP contribution in [0.2, 0.25) is 0 Å². The number of carbonyl (C=O) groups is 1. The number of nitrogens with one attached hydrogen (secondary N) is 1. The van der Waals surface area contributed by atoms with Gasteiger partial charge in [0.25, 0.3) is 5.91 Å². The van der Waals surface area contributed by atoms with Gasteiger partial charge in [0.05, 0.1) is 10.9 Å². The fourth-order valence-electron chi connectivity index (χ4n) is 4.13.